The van der Waals surface area contributed by atoms with Gasteiger partial charge in [0, 0.05) is 12.6 Å². The number of anilines is 1. The molecule has 40 heavy (non-hydrogen) atoms. The Labute approximate surface area is 238 Å². The fourth-order valence-corrected chi connectivity index (χ4v) is 4.97. The summed E-state index contributed by atoms with van der Waals surface area (Å²) in [6.07, 6.45) is 1.81. The zero-order valence-corrected chi connectivity index (χ0v) is 24.6. The Hall–Kier alpha value is -3.85. The number of aryl methyl sites for hydroxylation is 1. The fraction of sp³-hybridized carbons (Fsp3) is 0.355. The standard InChI is InChI=1S/C31H39N3O5S/c1-6-24(3)32-31(36)25(4)33(20-27-14-10-11-23(2)19-27)30(35)21-34(40(5,37)38)28-15-17-29(18-16-28)39-22-26-12-8-7-9-13-26/h7-19,24-25H,6,20-22H2,1-5H3,(H,32,36)/t24-,25+/m1/s1. The van der Waals surface area contributed by atoms with Gasteiger partial charge in [-0.3, -0.25) is 13.9 Å². The van der Waals surface area contributed by atoms with E-state index in [0.29, 0.717) is 18.0 Å². The van der Waals surface area contributed by atoms with Crippen LogP contribution in [0.4, 0.5) is 5.69 Å². The molecular weight excluding hydrogens is 526 g/mol. The van der Waals surface area contributed by atoms with Gasteiger partial charge in [0.05, 0.1) is 11.9 Å². The molecule has 0 spiro atoms. The maximum atomic E-state index is 13.7. The summed E-state index contributed by atoms with van der Waals surface area (Å²) in [7, 11) is -3.82. The molecule has 3 aromatic carbocycles. The van der Waals surface area contributed by atoms with Crippen molar-refractivity contribution in [3.63, 3.8) is 0 Å². The lowest BCUT2D eigenvalue weighted by atomic mass is 10.1. The van der Waals surface area contributed by atoms with Crippen molar-refractivity contribution in [2.45, 2.75) is 59.4 Å². The van der Waals surface area contributed by atoms with E-state index in [2.05, 4.69) is 5.32 Å². The number of nitrogens with zero attached hydrogens (tertiary/aromatic N) is 2. The first kappa shape index (κ1) is 30.7. The SMILES string of the molecule is CC[C@@H](C)NC(=O)[C@H](C)N(Cc1cccc(C)c1)C(=O)CN(c1ccc(OCc2ccccc2)cc1)S(C)(=O)=O. The molecule has 3 aromatic rings. The van der Waals surface area contributed by atoms with Crippen LogP contribution < -0.4 is 14.4 Å². The number of ether oxygens (including phenoxy) is 1. The summed E-state index contributed by atoms with van der Waals surface area (Å²) in [5, 5.41) is 2.93. The maximum Gasteiger partial charge on any atom is 0.244 e. The highest BCUT2D eigenvalue weighted by molar-refractivity contribution is 7.92. The van der Waals surface area contributed by atoms with Crippen LogP contribution in [0.15, 0.2) is 78.9 Å². The largest absolute Gasteiger partial charge is 0.489 e. The molecule has 0 aliphatic heterocycles. The molecule has 0 radical (unpaired) electrons. The lowest BCUT2D eigenvalue weighted by molar-refractivity contribution is -0.139. The monoisotopic (exact) mass is 565 g/mol. The summed E-state index contributed by atoms with van der Waals surface area (Å²) in [5.41, 5.74) is 3.21. The number of sulfonamides is 1. The number of carbonyl (C=O) groups excluding carboxylic acids is 2. The van der Waals surface area contributed by atoms with E-state index < -0.39 is 28.5 Å². The molecule has 0 fully saturated rings. The van der Waals surface area contributed by atoms with Crippen LogP contribution in [0.2, 0.25) is 0 Å². The number of hydrogen-bond acceptors (Lipinski definition) is 5. The summed E-state index contributed by atoms with van der Waals surface area (Å²) in [6.45, 7) is 7.57. The van der Waals surface area contributed by atoms with E-state index >= 15 is 0 Å². The Balaban J connectivity index is 1.82. The summed E-state index contributed by atoms with van der Waals surface area (Å²) in [6, 6.07) is 23.1. The molecule has 0 heterocycles. The van der Waals surface area contributed by atoms with Gasteiger partial charge >= 0.3 is 0 Å². The number of benzene rings is 3. The fourth-order valence-electron chi connectivity index (χ4n) is 4.12. The first-order valence-electron chi connectivity index (χ1n) is 13.4. The van der Waals surface area contributed by atoms with Gasteiger partial charge in [0.25, 0.3) is 0 Å². The minimum Gasteiger partial charge on any atom is -0.489 e. The minimum absolute atomic E-state index is 0.0546. The van der Waals surface area contributed by atoms with E-state index in [1.807, 2.05) is 75.4 Å². The molecule has 9 heteroatoms. The van der Waals surface area contributed by atoms with E-state index in [9.17, 15) is 18.0 Å². The predicted octanol–water partition coefficient (Wildman–Crippen LogP) is 4.67. The van der Waals surface area contributed by atoms with Crippen molar-refractivity contribution in [3.05, 3.63) is 95.6 Å². The molecule has 3 rings (SSSR count). The molecule has 8 nitrogen and oxygen atoms in total. The Morgan fingerprint density at radius 1 is 0.925 bits per heavy atom. The summed E-state index contributed by atoms with van der Waals surface area (Å²) >= 11 is 0. The molecular formula is C31H39N3O5S. The number of carbonyl (C=O) groups is 2. The third-order valence-electron chi connectivity index (χ3n) is 6.66. The average Bonchev–Trinajstić information content (AvgIpc) is 2.93. The Morgan fingerprint density at radius 3 is 2.17 bits per heavy atom. The molecule has 0 unspecified atom stereocenters. The van der Waals surface area contributed by atoms with E-state index in [4.69, 9.17) is 4.74 Å². The Kier molecular flexibility index (Phi) is 10.7. The maximum absolute atomic E-state index is 13.7. The summed E-state index contributed by atoms with van der Waals surface area (Å²) < 4.78 is 32.5. The summed E-state index contributed by atoms with van der Waals surface area (Å²) in [4.78, 5) is 28.2. The second kappa shape index (κ2) is 14.0. The molecule has 1 N–H and O–H groups in total. The van der Waals surface area contributed by atoms with Gasteiger partial charge in [-0.05, 0) is 62.6 Å². The van der Waals surface area contributed by atoms with Crippen molar-refractivity contribution in [1.29, 1.82) is 0 Å². The highest BCUT2D eigenvalue weighted by Gasteiger charge is 2.30. The topological polar surface area (TPSA) is 96.0 Å². The van der Waals surface area contributed by atoms with Crippen molar-refractivity contribution >= 4 is 27.5 Å². The van der Waals surface area contributed by atoms with Gasteiger partial charge in [-0.2, -0.15) is 0 Å². The van der Waals surface area contributed by atoms with Gasteiger partial charge in [0.2, 0.25) is 21.8 Å². The molecule has 0 saturated heterocycles. The smallest absolute Gasteiger partial charge is 0.244 e. The average molecular weight is 566 g/mol. The highest BCUT2D eigenvalue weighted by atomic mass is 32.2. The van der Waals surface area contributed by atoms with Gasteiger partial charge < -0.3 is 15.0 Å². The molecule has 0 aromatic heterocycles. The molecule has 0 aliphatic carbocycles. The van der Waals surface area contributed by atoms with Crippen LogP contribution in [0.5, 0.6) is 5.75 Å². The second-order valence-electron chi connectivity index (χ2n) is 10.0. The first-order chi connectivity index (χ1) is 19.0. The van der Waals surface area contributed by atoms with Crippen molar-refractivity contribution in [2.24, 2.45) is 0 Å². The number of hydrogen-bond donors (Lipinski definition) is 1. The minimum atomic E-state index is -3.82. The van der Waals surface area contributed by atoms with E-state index in [1.54, 1.807) is 31.2 Å². The van der Waals surface area contributed by atoms with Crippen LogP contribution in [0.3, 0.4) is 0 Å². The van der Waals surface area contributed by atoms with Gasteiger partial charge in [-0.1, -0.05) is 67.1 Å². The van der Waals surface area contributed by atoms with E-state index in [0.717, 1.165) is 33.7 Å². The Bertz CT molecular complexity index is 1380. The molecule has 0 bridgehead atoms. The number of rotatable bonds is 13. The zero-order valence-electron chi connectivity index (χ0n) is 23.8. The number of nitrogens with one attached hydrogen (secondary N) is 1. The third kappa shape index (κ3) is 8.84. The van der Waals surface area contributed by atoms with Crippen molar-refractivity contribution in [1.82, 2.24) is 10.2 Å². The molecule has 0 saturated carbocycles. The van der Waals surface area contributed by atoms with Gasteiger partial charge in [-0.15, -0.1) is 0 Å². The van der Waals surface area contributed by atoms with Gasteiger partial charge in [-0.25, -0.2) is 8.42 Å². The molecule has 0 aliphatic rings. The van der Waals surface area contributed by atoms with Gasteiger partial charge in [0.15, 0.2) is 0 Å². The molecule has 2 amide bonds. The van der Waals surface area contributed by atoms with Crippen LogP contribution in [0.1, 0.15) is 43.9 Å². The predicted molar refractivity (Wildman–Crippen MR) is 158 cm³/mol. The van der Waals surface area contributed by atoms with Crippen molar-refractivity contribution in [3.8, 4) is 5.75 Å². The van der Waals surface area contributed by atoms with Crippen LogP contribution >= 0.6 is 0 Å². The van der Waals surface area contributed by atoms with Crippen LogP contribution in [-0.2, 0) is 32.8 Å². The Morgan fingerprint density at radius 2 is 1.57 bits per heavy atom. The third-order valence-corrected chi connectivity index (χ3v) is 7.80. The first-order valence-corrected chi connectivity index (χ1v) is 15.2. The van der Waals surface area contributed by atoms with Crippen LogP contribution in [-0.4, -0.2) is 50.0 Å². The highest BCUT2D eigenvalue weighted by Crippen LogP contribution is 2.23. The molecule has 214 valence electrons. The van der Waals surface area contributed by atoms with E-state index in [1.165, 1.54) is 4.90 Å². The van der Waals surface area contributed by atoms with Crippen molar-refractivity contribution < 1.29 is 22.7 Å². The lowest BCUT2D eigenvalue weighted by Crippen LogP contribution is -2.52. The summed E-state index contributed by atoms with van der Waals surface area (Å²) in [5.74, 6) is -0.201. The number of amides is 2. The van der Waals surface area contributed by atoms with Crippen LogP contribution in [0, 0.1) is 6.92 Å². The zero-order chi connectivity index (χ0) is 29.3. The van der Waals surface area contributed by atoms with Crippen molar-refractivity contribution in [2.75, 3.05) is 17.1 Å². The quantitative estimate of drug-likeness (QED) is 0.325. The van der Waals surface area contributed by atoms with Crippen LogP contribution in [0.25, 0.3) is 0 Å². The van der Waals surface area contributed by atoms with Gasteiger partial charge in [0.1, 0.15) is 24.9 Å². The second-order valence-corrected chi connectivity index (χ2v) is 11.9. The molecule has 2 atom stereocenters. The van der Waals surface area contributed by atoms with E-state index in [-0.39, 0.29) is 18.5 Å². The normalized spacial score (nSPS) is 12.7. The lowest BCUT2D eigenvalue weighted by Gasteiger charge is -2.32.